The minimum atomic E-state index is -2.90. The third kappa shape index (κ3) is 4.90. The number of nitrogens with one attached hydrogen (secondary N) is 1. The number of amides is 3. The van der Waals surface area contributed by atoms with Gasteiger partial charge < -0.3 is 23.8 Å². The molecule has 2 aromatic carbocycles. The number of ether oxygens (including phenoxy) is 2. The van der Waals surface area contributed by atoms with Gasteiger partial charge in [0.15, 0.2) is 0 Å². The van der Waals surface area contributed by atoms with E-state index in [0.29, 0.717) is 54.2 Å². The van der Waals surface area contributed by atoms with Crippen LogP contribution in [0.5, 0.6) is 11.5 Å². The second-order valence-corrected chi connectivity index (χ2v) is 11.0. The number of fused-ring (bicyclic) bond motifs is 1. The summed E-state index contributed by atoms with van der Waals surface area (Å²) in [6.45, 7) is 1.55. The zero-order valence-electron chi connectivity index (χ0n) is 23.9. The summed E-state index contributed by atoms with van der Waals surface area (Å²) in [5.74, 6) is 0.111. The van der Waals surface area contributed by atoms with Crippen LogP contribution in [0.1, 0.15) is 52.2 Å². The average molecular weight is 593 g/mol. The van der Waals surface area contributed by atoms with Crippen LogP contribution in [0.15, 0.2) is 47.4 Å². The van der Waals surface area contributed by atoms with Crippen molar-refractivity contribution in [3.05, 3.63) is 75.2 Å². The summed E-state index contributed by atoms with van der Waals surface area (Å²) in [6, 6.07) is 9.74. The van der Waals surface area contributed by atoms with Gasteiger partial charge in [-0.3, -0.25) is 24.5 Å². The molecule has 1 N–H and O–H groups in total. The topological polar surface area (TPSA) is 110 Å². The SMILES string of the molecule is COc1cc(-c2cc(C(F)F)c(=O)n(C)c2)cc(OC)c1C1CN(c2ccc3c(c2)C(=O)N(C2CCC(=O)NC2=O)C3)C1. The molecule has 12 heteroatoms. The molecule has 6 rings (SSSR count). The lowest BCUT2D eigenvalue weighted by Crippen LogP contribution is -2.52. The lowest BCUT2D eigenvalue weighted by atomic mass is 9.87. The van der Waals surface area contributed by atoms with Crippen molar-refractivity contribution in [3.63, 3.8) is 0 Å². The molecule has 0 saturated carbocycles. The quantitative estimate of drug-likeness (QED) is 0.419. The molecule has 0 spiro atoms. The Hall–Kier alpha value is -4.74. The number of benzene rings is 2. The lowest BCUT2D eigenvalue weighted by Gasteiger charge is -2.42. The predicted octanol–water partition coefficient (Wildman–Crippen LogP) is 3.37. The van der Waals surface area contributed by atoms with E-state index in [0.717, 1.165) is 21.4 Å². The average Bonchev–Trinajstić information content (AvgIpc) is 3.28. The van der Waals surface area contributed by atoms with Crippen molar-refractivity contribution in [1.29, 1.82) is 0 Å². The molecule has 0 bridgehead atoms. The predicted molar refractivity (Wildman–Crippen MR) is 153 cm³/mol. The zero-order chi connectivity index (χ0) is 30.6. The maximum absolute atomic E-state index is 13.5. The molecule has 10 nitrogen and oxygen atoms in total. The van der Waals surface area contributed by atoms with Gasteiger partial charge in [0.25, 0.3) is 17.9 Å². The van der Waals surface area contributed by atoms with Crippen molar-refractivity contribution < 1.29 is 32.6 Å². The first-order valence-corrected chi connectivity index (χ1v) is 13.9. The Labute approximate surface area is 245 Å². The Morgan fingerprint density at radius 1 is 0.953 bits per heavy atom. The van der Waals surface area contributed by atoms with Gasteiger partial charge in [-0.2, -0.15) is 0 Å². The summed E-state index contributed by atoms with van der Waals surface area (Å²) in [4.78, 5) is 53.0. The van der Waals surface area contributed by atoms with Gasteiger partial charge in [-0.15, -0.1) is 0 Å². The van der Waals surface area contributed by atoms with Crippen LogP contribution in [0, 0.1) is 0 Å². The summed E-state index contributed by atoms with van der Waals surface area (Å²) in [6.07, 6.45) is -0.891. The molecule has 43 heavy (non-hydrogen) atoms. The molecular weight excluding hydrogens is 562 g/mol. The second-order valence-electron chi connectivity index (χ2n) is 11.0. The van der Waals surface area contributed by atoms with E-state index in [9.17, 15) is 28.0 Å². The number of alkyl halides is 2. The highest BCUT2D eigenvalue weighted by Crippen LogP contribution is 2.44. The van der Waals surface area contributed by atoms with Gasteiger partial charge in [-0.25, -0.2) is 8.78 Å². The van der Waals surface area contributed by atoms with E-state index in [2.05, 4.69) is 10.2 Å². The Morgan fingerprint density at radius 3 is 2.28 bits per heavy atom. The summed E-state index contributed by atoms with van der Waals surface area (Å²) < 4.78 is 39.6. The van der Waals surface area contributed by atoms with E-state index in [1.165, 1.54) is 38.4 Å². The number of halogens is 2. The smallest absolute Gasteiger partial charge is 0.269 e. The molecule has 1 unspecified atom stereocenters. The number of carbonyl (C=O) groups is 3. The number of aryl methyl sites for hydroxylation is 1. The summed E-state index contributed by atoms with van der Waals surface area (Å²) in [5, 5.41) is 2.32. The highest BCUT2D eigenvalue weighted by Gasteiger charge is 2.40. The van der Waals surface area contributed by atoms with Crippen LogP contribution in [-0.4, -0.2) is 60.5 Å². The zero-order valence-corrected chi connectivity index (χ0v) is 23.9. The number of hydrogen-bond acceptors (Lipinski definition) is 7. The van der Waals surface area contributed by atoms with Crippen molar-refractivity contribution in [2.75, 3.05) is 32.2 Å². The Morgan fingerprint density at radius 2 is 1.65 bits per heavy atom. The molecule has 1 aromatic heterocycles. The highest BCUT2D eigenvalue weighted by atomic mass is 19.3. The van der Waals surface area contributed by atoms with Crippen molar-refractivity contribution in [1.82, 2.24) is 14.8 Å². The maximum atomic E-state index is 13.5. The monoisotopic (exact) mass is 592 g/mol. The number of methoxy groups -OCH3 is 2. The van der Waals surface area contributed by atoms with Crippen molar-refractivity contribution in [2.24, 2.45) is 7.05 Å². The number of pyridine rings is 1. The van der Waals surface area contributed by atoms with E-state index >= 15 is 0 Å². The van der Waals surface area contributed by atoms with Gasteiger partial charge in [-0.05, 0) is 53.4 Å². The molecular formula is C31H30F2N4O6. The van der Waals surface area contributed by atoms with Crippen LogP contribution in [-0.2, 0) is 23.2 Å². The normalized spacial score (nSPS) is 18.6. The van der Waals surface area contributed by atoms with Crippen LogP contribution in [0.4, 0.5) is 14.5 Å². The number of aromatic nitrogens is 1. The van der Waals surface area contributed by atoms with Crippen LogP contribution in [0.3, 0.4) is 0 Å². The van der Waals surface area contributed by atoms with Crippen LogP contribution in [0.2, 0.25) is 0 Å². The maximum Gasteiger partial charge on any atom is 0.269 e. The first kappa shape index (κ1) is 28.4. The van der Waals surface area contributed by atoms with Gasteiger partial charge >= 0.3 is 0 Å². The fourth-order valence-corrected chi connectivity index (χ4v) is 6.17. The molecule has 4 heterocycles. The first-order valence-electron chi connectivity index (χ1n) is 13.9. The largest absolute Gasteiger partial charge is 0.496 e. The second kappa shape index (κ2) is 10.8. The molecule has 0 radical (unpaired) electrons. The van der Waals surface area contributed by atoms with Gasteiger partial charge in [-0.1, -0.05) is 6.07 Å². The van der Waals surface area contributed by atoms with E-state index in [4.69, 9.17) is 9.47 Å². The third-order valence-electron chi connectivity index (χ3n) is 8.49. The minimum absolute atomic E-state index is 0.0274. The van der Waals surface area contributed by atoms with E-state index in [-0.39, 0.29) is 24.2 Å². The molecule has 2 saturated heterocycles. The molecule has 224 valence electrons. The van der Waals surface area contributed by atoms with Crippen molar-refractivity contribution >= 4 is 23.4 Å². The number of rotatable bonds is 7. The Kier molecular flexibility index (Phi) is 7.15. The number of hydrogen-bond donors (Lipinski definition) is 1. The van der Waals surface area contributed by atoms with Crippen LogP contribution in [0.25, 0.3) is 11.1 Å². The third-order valence-corrected chi connectivity index (χ3v) is 8.49. The summed E-state index contributed by atoms with van der Waals surface area (Å²) in [5.41, 5.74) is 2.77. The van der Waals surface area contributed by atoms with E-state index in [1.54, 1.807) is 12.1 Å². The fourth-order valence-electron chi connectivity index (χ4n) is 6.17. The van der Waals surface area contributed by atoms with E-state index < -0.39 is 29.5 Å². The number of imide groups is 1. The van der Waals surface area contributed by atoms with Crippen LogP contribution >= 0.6 is 0 Å². The molecule has 3 amide bonds. The van der Waals surface area contributed by atoms with Gasteiger partial charge in [0.05, 0.1) is 19.8 Å². The first-order chi connectivity index (χ1) is 20.6. The number of nitrogens with zero attached hydrogens (tertiary/aromatic N) is 3. The summed E-state index contributed by atoms with van der Waals surface area (Å²) in [7, 11) is 4.50. The van der Waals surface area contributed by atoms with Crippen molar-refractivity contribution in [2.45, 2.75) is 37.8 Å². The van der Waals surface area contributed by atoms with Gasteiger partial charge in [0, 0.05) is 62.0 Å². The number of carbonyl (C=O) groups excluding carboxylic acids is 3. The van der Waals surface area contributed by atoms with E-state index in [1.807, 2.05) is 18.2 Å². The number of anilines is 1. The molecule has 1 atom stereocenters. The van der Waals surface area contributed by atoms with Gasteiger partial charge in [0.1, 0.15) is 17.5 Å². The number of piperidine rings is 1. The lowest BCUT2D eigenvalue weighted by molar-refractivity contribution is -0.136. The fraction of sp³-hybridized carbons (Fsp3) is 0.355. The Bertz CT molecular complexity index is 1690. The van der Waals surface area contributed by atoms with Crippen molar-refractivity contribution in [3.8, 4) is 22.6 Å². The molecule has 3 aliphatic heterocycles. The standard InChI is InChI=1S/C31H30F2N4O6/c1-35-12-18(8-22(28(32)33)30(35)40)17-9-24(42-2)27(25(10-17)43-3)19-13-36(14-19)20-5-4-16-15-37(31(41)21(16)11-20)23-6-7-26(38)34-29(23)39/h4-5,8-12,19,23,28H,6-7,13-15H2,1-3H3,(H,34,38,39). The molecule has 3 aliphatic rings. The Balaban J connectivity index is 1.22. The minimum Gasteiger partial charge on any atom is -0.496 e. The highest BCUT2D eigenvalue weighted by molar-refractivity contribution is 6.05. The molecule has 2 fully saturated rings. The molecule has 0 aliphatic carbocycles. The summed E-state index contributed by atoms with van der Waals surface area (Å²) >= 11 is 0. The van der Waals surface area contributed by atoms with Gasteiger partial charge in [0.2, 0.25) is 11.8 Å². The molecule has 3 aromatic rings. The van der Waals surface area contributed by atoms with Crippen LogP contribution < -0.4 is 25.2 Å².